The molecular formula is C12H10BrNO4. The van der Waals surface area contributed by atoms with Crippen LogP contribution in [0.5, 0.6) is 5.88 Å². The maximum absolute atomic E-state index is 11.1. The molecule has 1 heterocycles. The van der Waals surface area contributed by atoms with Gasteiger partial charge in [-0.3, -0.25) is 0 Å². The van der Waals surface area contributed by atoms with Crippen LogP contribution in [0.1, 0.15) is 16.1 Å². The van der Waals surface area contributed by atoms with E-state index in [1.807, 2.05) is 24.3 Å². The smallest absolute Gasteiger partial charge is 0.377 e. The summed E-state index contributed by atoms with van der Waals surface area (Å²) in [5, 5.41) is 3.61. The Balaban J connectivity index is 1.98. The Kier molecular flexibility index (Phi) is 3.99. The van der Waals surface area contributed by atoms with Gasteiger partial charge in [0.1, 0.15) is 6.61 Å². The van der Waals surface area contributed by atoms with Gasteiger partial charge in [0, 0.05) is 4.47 Å². The number of ether oxygens (including phenoxy) is 2. The van der Waals surface area contributed by atoms with Crippen molar-refractivity contribution < 1.29 is 18.8 Å². The molecule has 6 heteroatoms. The number of rotatable bonds is 4. The number of esters is 1. The third-order valence-corrected chi connectivity index (χ3v) is 2.64. The van der Waals surface area contributed by atoms with Gasteiger partial charge >= 0.3 is 5.97 Å². The monoisotopic (exact) mass is 311 g/mol. The van der Waals surface area contributed by atoms with E-state index in [1.165, 1.54) is 13.2 Å². The molecule has 0 aliphatic heterocycles. The lowest BCUT2D eigenvalue weighted by Crippen LogP contribution is -1.98. The van der Waals surface area contributed by atoms with E-state index in [0.717, 1.165) is 10.0 Å². The van der Waals surface area contributed by atoms with Crippen molar-refractivity contribution in [3.8, 4) is 5.88 Å². The van der Waals surface area contributed by atoms with Crippen molar-refractivity contribution in [2.75, 3.05) is 7.11 Å². The Morgan fingerprint density at radius 1 is 1.44 bits per heavy atom. The van der Waals surface area contributed by atoms with Gasteiger partial charge in [0.15, 0.2) is 0 Å². The van der Waals surface area contributed by atoms with Gasteiger partial charge < -0.3 is 14.0 Å². The molecular weight excluding hydrogens is 302 g/mol. The second kappa shape index (κ2) is 5.68. The summed E-state index contributed by atoms with van der Waals surface area (Å²) in [5.74, 6) is -0.322. The third kappa shape index (κ3) is 3.10. The largest absolute Gasteiger partial charge is 0.471 e. The summed E-state index contributed by atoms with van der Waals surface area (Å²) >= 11 is 3.37. The molecule has 94 valence electrons. The van der Waals surface area contributed by atoms with Crippen LogP contribution < -0.4 is 4.74 Å². The molecule has 0 saturated heterocycles. The summed E-state index contributed by atoms with van der Waals surface area (Å²) in [6.45, 7) is 0.340. The van der Waals surface area contributed by atoms with Crippen molar-refractivity contribution >= 4 is 21.9 Å². The minimum absolute atomic E-state index is 0.0155. The van der Waals surface area contributed by atoms with Crippen LogP contribution in [0, 0.1) is 0 Å². The van der Waals surface area contributed by atoms with E-state index in [0.29, 0.717) is 6.61 Å². The number of aromatic nitrogens is 1. The van der Waals surface area contributed by atoms with Gasteiger partial charge in [-0.25, -0.2) is 4.79 Å². The Labute approximate surface area is 112 Å². The van der Waals surface area contributed by atoms with Crippen molar-refractivity contribution in [2.24, 2.45) is 0 Å². The van der Waals surface area contributed by atoms with Gasteiger partial charge in [-0.05, 0) is 22.9 Å². The molecule has 0 saturated carbocycles. The number of carbonyl (C=O) groups is 1. The lowest BCUT2D eigenvalue weighted by Gasteiger charge is -2.02. The molecule has 0 spiro atoms. The Hall–Kier alpha value is -1.82. The molecule has 5 nitrogen and oxygen atoms in total. The van der Waals surface area contributed by atoms with Gasteiger partial charge in [-0.2, -0.15) is 0 Å². The van der Waals surface area contributed by atoms with Crippen LogP contribution >= 0.6 is 15.9 Å². The van der Waals surface area contributed by atoms with E-state index in [-0.39, 0.29) is 11.6 Å². The molecule has 0 bridgehead atoms. The second-order valence-electron chi connectivity index (χ2n) is 3.44. The highest BCUT2D eigenvalue weighted by molar-refractivity contribution is 9.10. The molecule has 0 unspecified atom stereocenters. The van der Waals surface area contributed by atoms with Crippen LogP contribution in [0.25, 0.3) is 0 Å². The first-order valence-electron chi connectivity index (χ1n) is 5.11. The van der Waals surface area contributed by atoms with E-state index in [2.05, 4.69) is 25.8 Å². The van der Waals surface area contributed by atoms with Gasteiger partial charge in [0.05, 0.1) is 13.2 Å². The van der Waals surface area contributed by atoms with Gasteiger partial charge in [0.2, 0.25) is 5.76 Å². The average molecular weight is 312 g/mol. The highest BCUT2D eigenvalue weighted by Crippen LogP contribution is 2.16. The molecule has 1 aromatic carbocycles. The zero-order chi connectivity index (χ0) is 13.0. The van der Waals surface area contributed by atoms with Crippen molar-refractivity contribution in [1.29, 1.82) is 0 Å². The maximum atomic E-state index is 11.1. The fourth-order valence-electron chi connectivity index (χ4n) is 1.31. The predicted molar refractivity (Wildman–Crippen MR) is 66.3 cm³/mol. The highest BCUT2D eigenvalue weighted by Gasteiger charge is 2.13. The van der Waals surface area contributed by atoms with Crippen LogP contribution in [0.15, 0.2) is 39.3 Å². The average Bonchev–Trinajstić information content (AvgIpc) is 2.84. The lowest BCUT2D eigenvalue weighted by atomic mass is 10.2. The Morgan fingerprint density at radius 3 is 3.00 bits per heavy atom. The van der Waals surface area contributed by atoms with Gasteiger partial charge in [0.25, 0.3) is 5.88 Å². The third-order valence-electron chi connectivity index (χ3n) is 2.15. The molecule has 0 N–H and O–H groups in total. The molecule has 2 aromatic rings. The number of hydrogen-bond acceptors (Lipinski definition) is 5. The van der Waals surface area contributed by atoms with Crippen molar-refractivity contribution in [1.82, 2.24) is 5.16 Å². The highest BCUT2D eigenvalue weighted by atomic mass is 79.9. The summed E-state index contributed by atoms with van der Waals surface area (Å²) in [4.78, 5) is 11.1. The SMILES string of the molecule is COC(=O)c1cc(OCc2cccc(Br)c2)no1. The molecule has 2 rings (SSSR count). The molecule has 0 radical (unpaired) electrons. The second-order valence-corrected chi connectivity index (χ2v) is 4.36. The van der Waals surface area contributed by atoms with E-state index < -0.39 is 5.97 Å². The number of methoxy groups -OCH3 is 1. The maximum Gasteiger partial charge on any atom is 0.377 e. The number of benzene rings is 1. The minimum Gasteiger partial charge on any atom is -0.471 e. The normalized spacial score (nSPS) is 10.1. The molecule has 1 aromatic heterocycles. The quantitative estimate of drug-likeness (QED) is 0.812. The van der Waals surface area contributed by atoms with Crippen LogP contribution in [-0.4, -0.2) is 18.2 Å². The number of hydrogen-bond donors (Lipinski definition) is 0. The zero-order valence-electron chi connectivity index (χ0n) is 9.55. The zero-order valence-corrected chi connectivity index (χ0v) is 11.1. The molecule has 18 heavy (non-hydrogen) atoms. The van der Waals surface area contributed by atoms with E-state index in [9.17, 15) is 4.79 Å². The summed E-state index contributed by atoms with van der Waals surface area (Å²) in [6, 6.07) is 9.08. The molecule has 0 aliphatic carbocycles. The molecule has 0 aliphatic rings. The summed E-state index contributed by atoms with van der Waals surface area (Å²) in [5.41, 5.74) is 0.979. The first-order valence-corrected chi connectivity index (χ1v) is 5.90. The van der Waals surface area contributed by atoms with Crippen molar-refractivity contribution in [2.45, 2.75) is 6.61 Å². The molecule has 0 fully saturated rings. The number of carbonyl (C=O) groups excluding carboxylic acids is 1. The Morgan fingerprint density at radius 2 is 2.28 bits per heavy atom. The van der Waals surface area contributed by atoms with Crippen molar-refractivity contribution in [3.05, 3.63) is 46.1 Å². The van der Waals surface area contributed by atoms with Crippen molar-refractivity contribution in [3.63, 3.8) is 0 Å². The van der Waals surface area contributed by atoms with Crippen LogP contribution in [-0.2, 0) is 11.3 Å². The van der Waals surface area contributed by atoms with Crippen LogP contribution in [0.2, 0.25) is 0 Å². The summed E-state index contributed by atoms with van der Waals surface area (Å²) < 4.78 is 15.6. The summed E-state index contributed by atoms with van der Waals surface area (Å²) in [7, 11) is 1.27. The topological polar surface area (TPSA) is 61.6 Å². The first kappa shape index (κ1) is 12.6. The summed E-state index contributed by atoms with van der Waals surface area (Å²) in [6.07, 6.45) is 0. The standard InChI is InChI=1S/C12H10BrNO4/c1-16-12(15)10-6-11(14-18-10)17-7-8-3-2-4-9(13)5-8/h2-6H,7H2,1H3. The van der Waals surface area contributed by atoms with Gasteiger partial charge in [-0.15, -0.1) is 0 Å². The van der Waals surface area contributed by atoms with Crippen LogP contribution in [0.4, 0.5) is 0 Å². The number of nitrogens with zero attached hydrogens (tertiary/aromatic N) is 1. The molecule has 0 atom stereocenters. The number of halogens is 1. The lowest BCUT2D eigenvalue weighted by molar-refractivity contribution is 0.0554. The van der Waals surface area contributed by atoms with E-state index >= 15 is 0 Å². The van der Waals surface area contributed by atoms with Gasteiger partial charge in [-0.1, -0.05) is 28.1 Å². The van der Waals surface area contributed by atoms with Crippen LogP contribution in [0.3, 0.4) is 0 Å². The fourth-order valence-corrected chi connectivity index (χ4v) is 1.75. The molecule has 0 amide bonds. The first-order chi connectivity index (χ1) is 8.69. The Bertz CT molecular complexity index is 553. The van der Waals surface area contributed by atoms with E-state index in [4.69, 9.17) is 9.26 Å². The predicted octanol–water partition coefficient (Wildman–Crippen LogP) is 2.80. The minimum atomic E-state index is -0.584. The fraction of sp³-hybridized carbons (Fsp3) is 0.167. The van der Waals surface area contributed by atoms with E-state index in [1.54, 1.807) is 0 Å².